The third-order valence-electron chi connectivity index (χ3n) is 3.77. The molecular formula is C20H16ClN3O3S. The van der Waals surface area contributed by atoms with Gasteiger partial charge in [-0.05, 0) is 54.6 Å². The van der Waals surface area contributed by atoms with Gasteiger partial charge in [0.2, 0.25) is 0 Å². The fourth-order valence-corrected chi connectivity index (χ4v) is 3.18. The molecule has 0 bridgehead atoms. The van der Waals surface area contributed by atoms with Gasteiger partial charge in [-0.2, -0.15) is 10.2 Å². The Balaban J connectivity index is 1.74. The molecule has 0 aliphatic carbocycles. The lowest BCUT2D eigenvalue weighted by molar-refractivity contribution is 0.102. The minimum Gasteiger partial charge on any atom is -0.322 e. The van der Waals surface area contributed by atoms with Crippen molar-refractivity contribution in [1.82, 2.24) is 0 Å². The molecule has 0 unspecified atom stereocenters. The number of carbonyl (C=O) groups is 1. The van der Waals surface area contributed by atoms with Gasteiger partial charge in [0.05, 0.1) is 26.9 Å². The predicted octanol–water partition coefficient (Wildman–Crippen LogP) is 5.41. The maximum Gasteiger partial charge on any atom is 0.257 e. The monoisotopic (exact) mass is 413 g/mol. The van der Waals surface area contributed by atoms with E-state index in [0.29, 0.717) is 11.4 Å². The summed E-state index contributed by atoms with van der Waals surface area (Å²) in [5.41, 5.74) is 1.96. The lowest BCUT2D eigenvalue weighted by Crippen LogP contribution is -2.13. The molecule has 1 amide bonds. The zero-order valence-corrected chi connectivity index (χ0v) is 16.4. The van der Waals surface area contributed by atoms with Gasteiger partial charge in [-0.3, -0.25) is 4.79 Å². The van der Waals surface area contributed by atoms with Gasteiger partial charge in [0, 0.05) is 11.9 Å². The summed E-state index contributed by atoms with van der Waals surface area (Å²) in [6, 6.07) is 20.1. The Hall–Kier alpha value is -3.03. The molecule has 0 saturated carbocycles. The lowest BCUT2D eigenvalue weighted by atomic mass is 10.2. The largest absolute Gasteiger partial charge is 0.322 e. The van der Waals surface area contributed by atoms with E-state index in [-0.39, 0.29) is 15.5 Å². The summed E-state index contributed by atoms with van der Waals surface area (Å²) < 4.78 is 23.4. The first kappa shape index (κ1) is 19.7. The number of halogens is 1. The van der Waals surface area contributed by atoms with Gasteiger partial charge in [0.1, 0.15) is 0 Å². The molecule has 0 radical (unpaired) electrons. The number of carbonyl (C=O) groups excluding carboxylic acids is 1. The second-order valence-electron chi connectivity index (χ2n) is 5.95. The Morgan fingerprint density at radius 1 is 0.893 bits per heavy atom. The Labute approximate surface area is 167 Å². The molecule has 142 valence electrons. The van der Waals surface area contributed by atoms with Crippen LogP contribution in [0.15, 0.2) is 87.9 Å². The number of azo groups is 1. The highest BCUT2D eigenvalue weighted by Gasteiger charge is 2.15. The molecule has 6 nitrogen and oxygen atoms in total. The van der Waals surface area contributed by atoms with Crippen LogP contribution in [0.3, 0.4) is 0 Å². The van der Waals surface area contributed by atoms with Gasteiger partial charge in [-0.25, -0.2) is 8.42 Å². The zero-order valence-electron chi connectivity index (χ0n) is 14.8. The molecule has 28 heavy (non-hydrogen) atoms. The van der Waals surface area contributed by atoms with Crippen molar-refractivity contribution in [3.63, 3.8) is 0 Å². The van der Waals surface area contributed by atoms with Crippen molar-refractivity contribution in [3.8, 4) is 0 Å². The van der Waals surface area contributed by atoms with Crippen LogP contribution in [0.4, 0.5) is 17.1 Å². The summed E-state index contributed by atoms with van der Waals surface area (Å²) in [6.45, 7) is 0. The molecule has 0 atom stereocenters. The van der Waals surface area contributed by atoms with Crippen LogP contribution in [-0.2, 0) is 9.84 Å². The molecule has 1 N–H and O–H groups in total. The van der Waals surface area contributed by atoms with Crippen molar-refractivity contribution < 1.29 is 13.2 Å². The average Bonchev–Trinajstić information content (AvgIpc) is 2.67. The Morgan fingerprint density at radius 3 is 2.11 bits per heavy atom. The minimum atomic E-state index is -3.44. The molecule has 8 heteroatoms. The third-order valence-corrected chi connectivity index (χ3v) is 5.21. The summed E-state index contributed by atoms with van der Waals surface area (Å²) in [6.07, 6.45) is 1.07. The van der Waals surface area contributed by atoms with E-state index in [1.54, 1.807) is 24.3 Å². The molecule has 0 fully saturated rings. The van der Waals surface area contributed by atoms with Crippen LogP contribution in [0, 0.1) is 0 Å². The highest BCUT2D eigenvalue weighted by atomic mass is 35.5. The van der Waals surface area contributed by atoms with Crippen molar-refractivity contribution in [3.05, 3.63) is 83.4 Å². The number of hydrogen-bond acceptors (Lipinski definition) is 5. The first-order chi connectivity index (χ1) is 13.3. The van der Waals surface area contributed by atoms with Gasteiger partial charge < -0.3 is 5.32 Å². The van der Waals surface area contributed by atoms with E-state index >= 15 is 0 Å². The molecule has 0 aliphatic heterocycles. The van der Waals surface area contributed by atoms with Crippen LogP contribution >= 0.6 is 11.6 Å². The quantitative estimate of drug-likeness (QED) is 0.567. The second kappa shape index (κ2) is 8.33. The topological polar surface area (TPSA) is 88.0 Å². The summed E-state index contributed by atoms with van der Waals surface area (Å²) in [5, 5.41) is 11.1. The van der Waals surface area contributed by atoms with Crippen LogP contribution in [0.5, 0.6) is 0 Å². The van der Waals surface area contributed by atoms with Gasteiger partial charge in [0.25, 0.3) is 5.91 Å². The molecule has 0 spiro atoms. The maximum absolute atomic E-state index is 12.5. The van der Waals surface area contributed by atoms with E-state index in [2.05, 4.69) is 15.5 Å². The average molecular weight is 414 g/mol. The summed E-state index contributed by atoms with van der Waals surface area (Å²) in [4.78, 5) is 12.5. The second-order valence-corrected chi connectivity index (χ2v) is 8.37. The van der Waals surface area contributed by atoms with E-state index in [4.69, 9.17) is 11.6 Å². The molecule has 0 heterocycles. The molecule has 0 aromatic heterocycles. The Morgan fingerprint density at radius 2 is 1.50 bits per heavy atom. The summed E-state index contributed by atoms with van der Waals surface area (Å²) in [7, 11) is -3.44. The fourth-order valence-electron chi connectivity index (χ4n) is 2.33. The highest BCUT2D eigenvalue weighted by molar-refractivity contribution is 7.90. The van der Waals surface area contributed by atoms with E-state index in [1.165, 1.54) is 18.2 Å². The normalized spacial score (nSPS) is 11.5. The molecule has 0 saturated heterocycles. The maximum atomic E-state index is 12.5. The van der Waals surface area contributed by atoms with Crippen LogP contribution in [0.25, 0.3) is 0 Å². The molecule has 3 aromatic carbocycles. The summed E-state index contributed by atoms with van der Waals surface area (Å²) in [5.74, 6) is -0.505. The summed E-state index contributed by atoms with van der Waals surface area (Å²) >= 11 is 6.05. The molecule has 3 rings (SSSR count). The molecular weight excluding hydrogens is 398 g/mol. The number of benzene rings is 3. The highest BCUT2D eigenvalue weighted by Crippen LogP contribution is 2.23. The number of rotatable bonds is 5. The molecule has 0 aliphatic rings. The first-order valence-corrected chi connectivity index (χ1v) is 10.5. The first-order valence-electron chi connectivity index (χ1n) is 8.21. The predicted molar refractivity (Wildman–Crippen MR) is 110 cm³/mol. The smallest absolute Gasteiger partial charge is 0.257 e. The SMILES string of the molecule is CS(=O)(=O)c1ccc(Cl)c(C(=O)Nc2ccc(N=Nc3ccccc3)cc2)c1. The van der Waals surface area contributed by atoms with Gasteiger partial charge >= 0.3 is 0 Å². The van der Waals surface area contributed by atoms with E-state index < -0.39 is 15.7 Å². The third kappa shape index (κ3) is 5.03. The van der Waals surface area contributed by atoms with E-state index in [0.717, 1.165) is 11.9 Å². The molecule has 3 aromatic rings. The fraction of sp³-hybridized carbons (Fsp3) is 0.0500. The number of anilines is 1. The number of nitrogens with zero attached hydrogens (tertiary/aromatic N) is 2. The van der Waals surface area contributed by atoms with Crippen LogP contribution < -0.4 is 5.32 Å². The van der Waals surface area contributed by atoms with Crippen LogP contribution in [-0.4, -0.2) is 20.6 Å². The van der Waals surface area contributed by atoms with Crippen molar-refractivity contribution in [2.24, 2.45) is 10.2 Å². The number of hydrogen-bond donors (Lipinski definition) is 1. The Bertz CT molecular complexity index is 1130. The van der Waals surface area contributed by atoms with E-state index in [1.807, 2.05) is 30.3 Å². The number of nitrogens with one attached hydrogen (secondary N) is 1. The van der Waals surface area contributed by atoms with Crippen molar-refractivity contribution in [2.45, 2.75) is 4.90 Å². The van der Waals surface area contributed by atoms with Crippen molar-refractivity contribution in [1.29, 1.82) is 0 Å². The minimum absolute atomic E-state index is 0.0266. The van der Waals surface area contributed by atoms with Crippen LogP contribution in [0.1, 0.15) is 10.4 Å². The lowest BCUT2D eigenvalue weighted by Gasteiger charge is -2.08. The van der Waals surface area contributed by atoms with E-state index in [9.17, 15) is 13.2 Å². The van der Waals surface area contributed by atoms with Gasteiger partial charge in [-0.1, -0.05) is 29.8 Å². The van der Waals surface area contributed by atoms with Gasteiger partial charge in [-0.15, -0.1) is 0 Å². The van der Waals surface area contributed by atoms with Gasteiger partial charge in [0.15, 0.2) is 9.84 Å². The van der Waals surface area contributed by atoms with Crippen molar-refractivity contribution in [2.75, 3.05) is 11.6 Å². The number of amides is 1. The zero-order chi connectivity index (χ0) is 20.1. The standard InChI is InChI=1S/C20H16ClN3O3S/c1-28(26,27)17-11-12-19(21)18(13-17)20(25)22-14-7-9-16(10-8-14)24-23-15-5-3-2-4-6-15/h2-13H,1H3,(H,22,25). The Kier molecular flexibility index (Phi) is 5.87. The van der Waals surface area contributed by atoms with Crippen molar-refractivity contribution >= 4 is 44.4 Å². The van der Waals surface area contributed by atoms with Crippen LogP contribution in [0.2, 0.25) is 5.02 Å². The number of sulfone groups is 1.